The number of aromatic hydroxyl groups is 1. The molecule has 8 heteroatoms. The van der Waals surface area contributed by atoms with Gasteiger partial charge in [0.1, 0.15) is 25.5 Å². The monoisotopic (exact) mass is 330 g/mol. The van der Waals surface area contributed by atoms with Crippen molar-refractivity contribution in [2.45, 2.75) is 0 Å². The first-order valence-corrected chi connectivity index (χ1v) is 7.13. The van der Waals surface area contributed by atoms with Gasteiger partial charge in [-0.2, -0.15) is 0 Å². The SMILES string of the molecule is O=C(O)CNC(=O)c1ncc(-c2ccc3c(c2)OCCO3)cc1O. The van der Waals surface area contributed by atoms with Crippen LogP contribution in [0.2, 0.25) is 0 Å². The number of amides is 1. The molecule has 1 aromatic carbocycles. The fourth-order valence-corrected chi connectivity index (χ4v) is 2.25. The van der Waals surface area contributed by atoms with Gasteiger partial charge in [-0.3, -0.25) is 9.59 Å². The molecule has 2 heterocycles. The van der Waals surface area contributed by atoms with Crippen LogP contribution in [0.1, 0.15) is 10.5 Å². The van der Waals surface area contributed by atoms with Crippen LogP contribution in [-0.2, 0) is 4.79 Å². The second-order valence-electron chi connectivity index (χ2n) is 5.03. The number of pyridine rings is 1. The van der Waals surface area contributed by atoms with Crippen molar-refractivity contribution in [1.29, 1.82) is 0 Å². The first-order valence-electron chi connectivity index (χ1n) is 7.13. The van der Waals surface area contributed by atoms with Gasteiger partial charge in [0, 0.05) is 11.8 Å². The third-order valence-corrected chi connectivity index (χ3v) is 3.36. The fourth-order valence-electron chi connectivity index (χ4n) is 2.25. The summed E-state index contributed by atoms with van der Waals surface area (Å²) < 4.78 is 10.9. The predicted octanol–water partition coefficient (Wildman–Crippen LogP) is 1.04. The van der Waals surface area contributed by atoms with Gasteiger partial charge in [0.15, 0.2) is 17.2 Å². The molecule has 3 N–H and O–H groups in total. The van der Waals surface area contributed by atoms with E-state index in [0.29, 0.717) is 30.3 Å². The van der Waals surface area contributed by atoms with Gasteiger partial charge in [-0.25, -0.2) is 4.98 Å². The highest BCUT2D eigenvalue weighted by Crippen LogP contribution is 2.35. The van der Waals surface area contributed by atoms with Gasteiger partial charge in [-0.15, -0.1) is 0 Å². The van der Waals surface area contributed by atoms with E-state index in [2.05, 4.69) is 10.3 Å². The maximum atomic E-state index is 11.8. The normalized spacial score (nSPS) is 12.5. The number of carbonyl (C=O) groups is 2. The highest BCUT2D eigenvalue weighted by molar-refractivity contribution is 5.96. The second-order valence-corrected chi connectivity index (χ2v) is 5.03. The molecule has 0 fully saturated rings. The Labute approximate surface area is 136 Å². The van der Waals surface area contributed by atoms with Crippen molar-refractivity contribution in [3.8, 4) is 28.4 Å². The number of benzene rings is 1. The summed E-state index contributed by atoms with van der Waals surface area (Å²) in [6, 6.07) is 6.69. The van der Waals surface area contributed by atoms with E-state index in [9.17, 15) is 14.7 Å². The quantitative estimate of drug-likeness (QED) is 0.766. The molecule has 1 aliphatic rings. The third-order valence-electron chi connectivity index (χ3n) is 3.36. The minimum Gasteiger partial charge on any atom is -0.505 e. The zero-order valence-corrected chi connectivity index (χ0v) is 12.5. The van der Waals surface area contributed by atoms with Gasteiger partial charge >= 0.3 is 5.97 Å². The van der Waals surface area contributed by atoms with E-state index in [1.165, 1.54) is 12.3 Å². The van der Waals surface area contributed by atoms with Gasteiger partial charge in [0.2, 0.25) is 0 Å². The van der Waals surface area contributed by atoms with Crippen molar-refractivity contribution in [3.63, 3.8) is 0 Å². The average Bonchev–Trinajstić information content (AvgIpc) is 2.59. The summed E-state index contributed by atoms with van der Waals surface area (Å²) in [5.41, 5.74) is 1.08. The van der Waals surface area contributed by atoms with Crippen LogP contribution in [0.25, 0.3) is 11.1 Å². The molecule has 1 aliphatic heterocycles. The molecule has 0 spiro atoms. The minimum absolute atomic E-state index is 0.238. The zero-order valence-electron chi connectivity index (χ0n) is 12.5. The summed E-state index contributed by atoms with van der Waals surface area (Å²) in [5.74, 6) is -1.04. The number of carbonyl (C=O) groups excluding carboxylic acids is 1. The number of hydrogen-bond acceptors (Lipinski definition) is 6. The molecule has 0 aliphatic carbocycles. The molecule has 124 valence electrons. The molecule has 0 radical (unpaired) electrons. The topological polar surface area (TPSA) is 118 Å². The van der Waals surface area contributed by atoms with Crippen LogP contribution in [0.3, 0.4) is 0 Å². The van der Waals surface area contributed by atoms with Crippen LogP contribution in [-0.4, -0.2) is 46.8 Å². The Morgan fingerprint density at radius 3 is 2.58 bits per heavy atom. The Kier molecular flexibility index (Phi) is 4.19. The van der Waals surface area contributed by atoms with Crippen molar-refractivity contribution in [1.82, 2.24) is 10.3 Å². The van der Waals surface area contributed by atoms with E-state index in [-0.39, 0.29) is 11.4 Å². The molecule has 3 rings (SSSR count). The van der Waals surface area contributed by atoms with Gasteiger partial charge in [-0.05, 0) is 23.8 Å². The number of ether oxygens (including phenoxy) is 2. The maximum Gasteiger partial charge on any atom is 0.322 e. The standard InChI is InChI=1S/C16H14N2O6/c19-11-5-10(7-17-15(11)16(22)18-8-14(20)21)9-1-2-12-13(6-9)24-4-3-23-12/h1-2,5-7,19H,3-4,8H2,(H,18,22)(H,20,21). The molecule has 24 heavy (non-hydrogen) atoms. The lowest BCUT2D eigenvalue weighted by Crippen LogP contribution is -2.29. The molecule has 1 aromatic heterocycles. The Bertz CT molecular complexity index is 805. The van der Waals surface area contributed by atoms with Gasteiger partial charge in [0.05, 0.1) is 0 Å². The molecule has 0 saturated carbocycles. The molecule has 0 saturated heterocycles. The van der Waals surface area contributed by atoms with Crippen molar-refractivity contribution in [2.75, 3.05) is 19.8 Å². The Hall–Kier alpha value is -3.29. The van der Waals surface area contributed by atoms with E-state index >= 15 is 0 Å². The lowest BCUT2D eigenvalue weighted by molar-refractivity contribution is -0.135. The van der Waals surface area contributed by atoms with Crippen LogP contribution in [0.15, 0.2) is 30.5 Å². The molecular weight excluding hydrogens is 316 g/mol. The molecule has 0 atom stereocenters. The average molecular weight is 330 g/mol. The van der Waals surface area contributed by atoms with Crippen molar-refractivity contribution >= 4 is 11.9 Å². The lowest BCUT2D eigenvalue weighted by Gasteiger charge is -2.19. The van der Waals surface area contributed by atoms with Gasteiger partial charge < -0.3 is 25.0 Å². The summed E-state index contributed by atoms with van der Waals surface area (Å²) in [6.45, 7) is 0.404. The lowest BCUT2D eigenvalue weighted by atomic mass is 10.1. The summed E-state index contributed by atoms with van der Waals surface area (Å²) in [4.78, 5) is 26.2. The Balaban J connectivity index is 1.84. The molecule has 0 bridgehead atoms. The van der Waals surface area contributed by atoms with Crippen LogP contribution < -0.4 is 14.8 Å². The number of aromatic nitrogens is 1. The van der Waals surface area contributed by atoms with E-state index in [4.69, 9.17) is 14.6 Å². The van der Waals surface area contributed by atoms with E-state index in [1.807, 2.05) is 0 Å². The number of nitrogens with zero attached hydrogens (tertiary/aromatic N) is 1. The number of rotatable bonds is 4. The van der Waals surface area contributed by atoms with Crippen LogP contribution in [0, 0.1) is 0 Å². The zero-order chi connectivity index (χ0) is 17.1. The number of hydrogen-bond donors (Lipinski definition) is 3. The number of carboxylic acids is 1. The summed E-state index contributed by atoms with van der Waals surface area (Å²) in [7, 11) is 0. The van der Waals surface area contributed by atoms with E-state index < -0.39 is 18.4 Å². The van der Waals surface area contributed by atoms with E-state index in [0.717, 1.165) is 5.56 Å². The smallest absolute Gasteiger partial charge is 0.322 e. The van der Waals surface area contributed by atoms with Gasteiger partial charge in [0.25, 0.3) is 5.91 Å². The van der Waals surface area contributed by atoms with Gasteiger partial charge in [-0.1, -0.05) is 6.07 Å². The maximum absolute atomic E-state index is 11.8. The summed E-state index contributed by atoms with van der Waals surface area (Å²) >= 11 is 0. The van der Waals surface area contributed by atoms with Crippen LogP contribution in [0.5, 0.6) is 17.2 Å². The Morgan fingerprint density at radius 2 is 1.88 bits per heavy atom. The van der Waals surface area contributed by atoms with Crippen LogP contribution >= 0.6 is 0 Å². The number of aliphatic carboxylic acids is 1. The van der Waals surface area contributed by atoms with Crippen molar-refractivity contribution in [2.24, 2.45) is 0 Å². The highest BCUT2D eigenvalue weighted by atomic mass is 16.6. The van der Waals surface area contributed by atoms with Crippen molar-refractivity contribution in [3.05, 3.63) is 36.2 Å². The second kappa shape index (κ2) is 6.45. The number of fused-ring (bicyclic) bond motifs is 1. The molecule has 8 nitrogen and oxygen atoms in total. The molecule has 2 aromatic rings. The Morgan fingerprint density at radius 1 is 1.12 bits per heavy atom. The highest BCUT2D eigenvalue weighted by Gasteiger charge is 2.16. The number of nitrogens with one attached hydrogen (secondary N) is 1. The summed E-state index contributed by atoms with van der Waals surface area (Å²) in [5, 5.41) is 20.7. The predicted molar refractivity (Wildman–Crippen MR) is 82.3 cm³/mol. The largest absolute Gasteiger partial charge is 0.505 e. The fraction of sp³-hybridized carbons (Fsp3) is 0.188. The molecule has 1 amide bonds. The van der Waals surface area contributed by atoms with E-state index in [1.54, 1.807) is 18.2 Å². The number of carboxylic acid groups (broad SMARTS) is 1. The third kappa shape index (κ3) is 3.22. The molecular formula is C16H14N2O6. The first-order chi connectivity index (χ1) is 11.5. The van der Waals surface area contributed by atoms with Crippen LogP contribution in [0.4, 0.5) is 0 Å². The minimum atomic E-state index is -1.18. The summed E-state index contributed by atoms with van der Waals surface area (Å²) in [6.07, 6.45) is 1.42. The van der Waals surface area contributed by atoms with Crippen molar-refractivity contribution < 1.29 is 29.3 Å². The first kappa shape index (κ1) is 15.6. The molecule has 0 unspecified atom stereocenters.